The maximum atomic E-state index is 15.0. The van der Waals surface area contributed by atoms with Crippen molar-refractivity contribution in [3.8, 4) is 0 Å². The average molecular weight is 909 g/mol. The molecule has 0 aromatic heterocycles. The highest BCUT2D eigenvalue weighted by atomic mass is 35.5. The third-order valence-electron chi connectivity index (χ3n) is 14.1. The van der Waals surface area contributed by atoms with Crippen LogP contribution in [0.4, 0.5) is 14.4 Å². The number of amides is 3. The number of carbonyl (C=O) groups is 5. The first-order valence-corrected chi connectivity index (χ1v) is 22.8. The van der Waals surface area contributed by atoms with E-state index < -0.39 is 102 Å². The molecular weight excluding hydrogens is 838 g/mol. The number of aliphatic hydroxyl groups excluding tert-OH is 1. The number of nitrogens with zero attached hydrogens (tertiary/aromatic N) is 3. The van der Waals surface area contributed by atoms with Gasteiger partial charge in [-0.05, 0) is 98.9 Å². The van der Waals surface area contributed by atoms with Crippen molar-refractivity contribution in [2.75, 3.05) is 27.3 Å². The highest BCUT2D eigenvalue weighted by Gasteiger charge is 2.61. The molecule has 4 aliphatic rings. The lowest BCUT2D eigenvalue weighted by atomic mass is 9.73. The molecule has 4 fully saturated rings. The standard InChI is InChI=1S/C46H70ClN3O13/c1-14-34-46(11)38(49(42(54)63-46)20-19-31-15-17-32(47)18-16-31)28(7)35(51)25(4)22-45(10,57-13)39(62-41-36(52)33(21-27(6)59-41)48(12)24(2)3)29(8)37(30(9)40(53)60-34)61-44(56)50-26(5)23-58-43(50)55/h15-18,24-30,33-34,36-39,41,52H,14,19-23H2,1-13H3/t25-,26+,27-,28-,29+,30-,33+,34+,36-,37+,38-,39-,41+,45+,46-/m1/s1. The van der Waals surface area contributed by atoms with Crippen molar-refractivity contribution in [1.82, 2.24) is 14.7 Å². The second-order valence-corrected chi connectivity index (χ2v) is 19.4. The van der Waals surface area contributed by atoms with Crippen molar-refractivity contribution in [3.63, 3.8) is 0 Å². The fourth-order valence-corrected chi connectivity index (χ4v) is 10.3. The molecule has 0 spiro atoms. The molecule has 1 aromatic rings. The predicted molar refractivity (Wildman–Crippen MR) is 232 cm³/mol. The van der Waals surface area contributed by atoms with Crippen LogP contribution in [0.3, 0.4) is 0 Å². The van der Waals surface area contributed by atoms with Gasteiger partial charge in [0.1, 0.15) is 30.7 Å². The van der Waals surface area contributed by atoms with Gasteiger partial charge >= 0.3 is 24.2 Å². The number of ether oxygens (including phenoxy) is 7. The van der Waals surface area contributed by atoms with Crippen LogP contribution in [0.5, 0.6) is 0 Å². The summed E-state index contributed by atoms with van der Waals surface area (Å²) in [5, 5.41) is 12.5. The first-order valence-electron chi connectivity index (χ1n) is 22.4. The number of imide groups is 1. The molecule has 5 rings (SSSR count). The summed E-state index contributed by atoms with van der Waals surface area (Å²) in [4.78, 5) is 74.9. The summed E-state index contributed by atoms with van der Waals surface area (Å²) in [7, 11) is 3.41. The second kappa shape index (κ2) is 20.3. The Morgan fingerprint density at radius 3 is 2.24 bits per heavy atom. The smallest absolute Gasteiger partial charge is 0.419 e. The van der Waals surface area contributed by atoms with Crippen LogP contribution in [0, 0.1) is 23.7 Å². The molecule has 1 aromatic carbocycles. The summed E-state index contributed by atoms with van der Waals surface area (Å²) in [5.74, 6) is -4.68. The Bertz CT molecular complexity index is 1800. The molecular formula is C46H70ClN3O13. The molecule has 17 heteroatoms. The number of likely N-dealkylation sites (N-methyl/N-ethyl adjacent to an activating group) is 1. The number of hydrogen-bond donors (Lipinski definition) is 1. The molecule has 4 aliphatic heterocycles. The van der Waals surface area contributed by atoms with E-state index in [1.54, 1.807) is 72.4 Å². The fraction of sp³-hybridized carbons (Fsp3) is 0.761. The Morgan fingerprint density at radius 2 is 1.67 bits per heavy atom. The molecule has 0 aliphatic carbocycles. The van der Waals surface area contributed by atoms with E-state index in [4.69, 9.17) is 44.8 Å². The first-order chi connectivity index (χ1) is 29.5. The maximum Gasteiger partial charge on any atom is 0.419 e. The molecule has 0 unspecified atom stereocenters. The SMILES string of the molecule is CC[C@@H]1OC(=O)[C@H](C)[C@@H](OC(=O)N2C(=O)OC[C@@H]2C)[C@H](C)[C@@H](O[C@@H]2O[C@H](C)C[C@H](N(C)C(C)C)[C@H]2O)[C@@](C)(OC)C[C@@H](C)C(=O)[C@@H](C)[C@H]2N(CCc3ccc(Cl)cc3)C(=O)O[C@]12C. The van der Waals surface area contributed by atoms with Crippen LogP contribution in [0.15, 0.2) is 24.3 Å². The van der Waals surface area contributed by atoms with Crippen molar-refractivity contribution in [1.29, 1.82) is 0 Å². The van der Waals surface area contributed by atoms with E-state index in [1.807, 2.05) is 40.0 Å². The van der Waals surface area contributed by atoms with Crippen LogP contribution >= 0.6 is 11.6 Å². The summed E-state index contributed by atoms with van der Waals surface area (Å²) in [5.41, 5.74) is -1.95. The van der Waals surface area contributed by atoms with E-state index in [0.29, 0.717) is 17.9 Å². The van der Waals surface area contributed by atoms with Crippen LogP contribution in [-0.2, 0) is 49.2 Å². The van der Waals surface area contributed by atoms with Crippen LogP contribution in [0.2, 0.25) is 5.02 Å². The van der Waals surface area contributed by atoms with Gasteiger partial charge in [-0.1, -0.05) is 51.4 Å². The number of benzene rings is 1. The molecule has 15 atom stereocenters. The van der Waals surface area contributed by atoms with Crippen LogP contribution in [0.1, 0.15) is 101 Å². The molecule has 16 nitrogen and oxygen atoms in total. The maximum absolute atomic E-state index is 15.0. The van der Waals surface area contributed by atoms with Crippen LogP contribution < -0.4 is 0 Å². The summed E-state index contributed by atoms with van der Waals surface area (Å²) < 4.78 is 43.4. The summed E-state index contributed by atoms with van der Waals surface area (Å²) >= 11 is 6.15. The number of methoxy groups -OCH3 is 1. The van der Waals surface area contributed by atoms with E-state index in [2.05, 4.69) is 4.90 Å². The zero-order chi connectivity index (χ0) is 46.9. The third kappa shape index (κ3) is 10.5. The van der Waals surface area contributed by atoms with Crippen molar-refractivity contribution in [2.24, 2.45) is 23.7 Å². The highest BCUT2D eigenvalue weighted by Crippen LogP contribution is 2.44. The molecule has 4 saturated heterocycles. The number of fused-ring (bicyclic) bond motifs is 1. The molecule has 354 valence electrons. The van der Waals surface area contributed by atoms with Gasteiger partial charge < -0.3 is 38.3 Å². The second-order valence-electron chi connectivity index (χ2n) is 18.9. The lowest BCUT2D eigenvalue weighted by Crippen LogP contribution is -2.61. The number of halogens is 1. The van der Waals surface area contributed by atoms with Crippen molar-refractivity contribution < 1.29 is 62.2 Å². The van der Waals surface area contributed by atoms with Gasteiger partial charge in [0.15, 0.2) is 11.9 Å². The molecule has 1 N–H and O–H groups in total. The van der Waals surface area contributed by atoms with Crippen LogP contribution in [0.25, 0.3) is 0 Å². The van der Waals surface area contributed by atoms with Crippen molar-refractivity contribution in [2.45, 2.75) is 174 Å². The van der Waals surface area contributed by atoms with Crippen LogP contribution in [-0.4, -0.2) is 149 Å². The van der Waals surface area contributed by atoms with Gasteiger partial charge in [-0.25, -0.2) is 19.3 Å². The Hall–Kier alpha value is -3.54. The predicted octanol–water partition coefficient (Wildman–Crippen LogP) is 6.64. The van der Waals surface area contributed by atoms with E-state index in [0.717, 1.165) is 10.5 Å². The number of esters is 1. The van der Waals surface area contributed by atoms with E-state index in [9.17, 15) is 29.1 Å². The lowest BCUT2D eigenvalue weighted by molar-refractivity contribution is -0.302. The number of ketones is 1. The lowest BCUT2D eigenvalue weighted by Gasteiger charge is -2.49. The Kier molecular flexibility index (Phi) is 16.3. The number of hydrogen-bond acceptors (Lipinski definition) is 14. The molecule has 0 radical (unpaired) electrons. The number of carbonyl (C=O) groups excluding carboxylic acids is 5. The Labute approximate surface area is 377 Å². The summed E-state index contributed by atoms with van der Waals surface area (Å²) in [6.45, 7) is 19.8. The molecule has 3 amide bonds. The zero-order valence-electron chi connectivity index (χ0n) is 39.2. The average Bonchev–Trinajstić information content (AvgIpc) is 3.71. The monoisotopic (exact) mass is 907 g/mol. The third-order valence-corrected chi connectivity index (χ3v) is 14.3. The molecule has 4 heterocycles. The minimum Gasteiger partial charge on any atom is -0.458 e. The van der Waals surface area contributed by atoms with Gasteiger partial charge in [-0.2, -0.15) is 0 Å². The van der Waals surface area contributed by atoms with Gasteiger partial charge in [0, 0.05) is 48.5 Å². The quantitative estimate of drug-likeness (QED) is 0.195. The normalized spacial score (nSPS) is 38.3. The number of Topliss-reactive ketones (excluding diaryl/α,β-unsaturated/α-hetero) is 1. The Balaban J connectivity index is 1.62. The van der Waals surface area contributed by atoms with Gasteiger partial charge in [0.2, 0.25) is 0 Å². The fourth-order valence-electron chi connectivity index (χ4n) is 10.2. The first kappa shape index (κ1) is 50.5. The summed E-state index contributed by atoms with van der Waals surface area (Å²) in [6.07, 6.45) is -7.58. The molecule has 0 bridgehead atoms. The largest absolute Gasteiger partial charge is 0.458 e. The van der Waals surface area contributed by atoms with E-state index >= 15 is 0 Å². The number of cyclic esters (lactones) is 2. The zero-order valence-corrected chi connectivity index (χ0v) is 40.0. The number of rotatable bonds is 10. The minimum absolute atomic E-state index is 0.0436. The van der Waals surface area contributed by atoms with Gasteiger partial charge in [0.05, 0.1) is 35.8 Å². The van der Waals surface area contributed by atoms with E-state index in [1.165, 1.54) is 7.11 Å². The van der Waals surface area contributed by atoms with E-state index in [-0.39, 0.29) is 50.0 Å². The summed E-state index contributed by atoms with van der Waals surface area (Å²) in [6, 6.07) is 5.47. The molecule has 63 heavy (non-hydrogen) atoms. The van der Waals surface area contributed by atoms with Gasteiger partial charge in [-0.3, -0.25) is 19.4 Å². The minimum atomic E-state index is -1.49. The molecule has 0 saturated carbocycles. The topological polar surface area (TPSA) is 180 Å². The van der Waals surface area contributed by atoms with Crippen molar-refractivity contribution in [3.05, 3.63) is 34.9 Å². The number of aliphatic hydroxyl groups is 1. The van der Waals surface area contributed by atoms with Crippen molar-refractivity contribution >= 4 is 41.6 Å². The van der Waals surface area contributed by atoms with Gasteiger partial charge in [0.25, 0.3) is 0 Å². The highest BCUT2D eigenvalue weighted by molar-refractivity contribution is 6.30. The van der Waals surface area contributed by atoms with Gasteiger partial charge in [-0.15, -0.1) is 0 Å². The Morgan fingerprint density at radius 1 is 1.02 bits per heavy atom.